The number of aryl methyl sites for hydroxylation is 1. The van der Waals surface area contributed by atoms with E-state index in [0.717, 1.165) is 15.4 Å². The van der Waals surface area contributed by atoms with Crippen LogP contribution >= 0.6 is 23.2 Å². The number of benzene rings is 4. The molecule has 0 heterocycles. The third-order valence-corrected chi connectivity index (χ3v) is 9.63. The molecule has 1 N–H and O–H groups in total. The van der Waals surface area contributed by atoms with Crippen LogP contribution in [0.15, 0.2) is 102 Å². The molecule has 44 heavy (non-hydrogen) atoms. The summed E-state index contributed by atoms with van der Waals surface area (Å²) in [5, 5.41) is 3.26. The third-order valence-electron chi connectivity index (χ3n) is 7.15. The summed E-state index contributed by atoms with van der Waals surface area (Å²) >= 11 is 13.0. The van der Waals surface area contributed by atoms with Crippen LogP contribution < -0.4 is 14.4 Å². The Balaban J connectivity index is 1.85. The molecular formula is C33H33Cl2N3O5S. The highest BCUT2D eigenvalue weighted by atomic mass is 35.5. The summed E-state index contributed by atoms with van der Waals surface area (Å²) in [7, 11) is -1.38. The zero-order chi connectivity index (χ0) is 31.9. The van der Waals surface area contributed by atoms with Gasteiger partial charge >= 0.3 is 0 Å². The van der Waals surface area contributed by atoms with Gasteiger partial charge in [0.05, 0.1) is 17.7 Å². The minimum absolute atomic E-state index is 0.00496. The highest BCUT2D eigenvalue weighted by Crippen LogP contribution is 2.33. The van der Waals surface area contributed by atoms with Gasteiger partial charge < -0.3 is 15.0 Å². The molecule has 4 aromatic rings. The number of nitrogens with one attached hydrogen (secondary N) is 1. The Morgan fingerprint density at radius 2 is 1.48 bits per heavy atom. The molecule has 0 aliphatic rings. The molecule has 0 spiro atoms. The molecule has 0 bridgehead atoms. The minimum atomic E-state index is -4.28. The summed E-state index contributed by atoms with van der Waals surface area (Å²) in [6.07, 6.45) is 0.160. The Hall–Kier alpha value is -4.05. The Labute approximate surface area is 268 Å². The average molecular weight is 655 g/mol. The number of sulfonamides is 1. The summed E-state index contributed by atoms with van der Waals surface area (Å²) in [6.45, 7) is 1.06. The number of amides is 2. The highest BCUT2D eigenvalue weighted by molar-refractivity contribution is 7.92. The van der Waals surface area contributed by atoms with Gasteiger partial charge in [-0.1, -0.05) is 89.4 Å². The first kappa shape index (κ1) is 32.9. The van der Waals surface area contributed by atoms with Crippen LogP contribution in [0.3, 0.4) is 0 Å². The maximum Gasteiger partial charge on any atom is 0.264 e. The number of anilines is 1. The van der Waals surface area contributed by atoms with Crippen molar-refractivity contribution in [3.05, 3.63) is 124 Å². The molecule has 0 saturated heterocycles. The zero-order valence-corrected chi connectivity index (χ0v) is 26.9. The van der Waals surface area contributed by atoms with Gasteiger partial charge in [-0.05, 0) is 48.9 Å². The van der Waals surface area contributed by atoms with Gasteiger partial charge in [0.25, 0.3) is 10.0 Å². The van der Waals surface area contributed by atoms with Gasteiger partial charge in [-0.3, -0.25) is 13.9 Å². The topological polar surface area (TPSA) is 96.0 Å². The number of nitrogens with zero attached hydrogens (tertiary/aromatic N) is 2. The quantitative estimate of drug-likeness (QED) is 0.206. The van der Waals surface area contributed by atoms with Crippen molar-refractivity contribution in [2.75, 3.05) is 25.0 Å². The van der Waals surface area contributed by atoms with Gasteiger partial charge in [-0.2, -0.15) is 0 Å². The van der Waals surface area contributed by atoms with E-state index < -0.39 is 34.4 Å². The molecule has 0 aliphatic heterocycles. The fourth-order valence-corrected chi connectivity index (χ4v) is 6.70. The van der Waals surface area contributed by atoms with Crippen molar-refractivity contribution < 1.29 is 22.7 Å². The minimum Gasteiger partial charge on any atom is -0.495 e. The molecule has 4 rings (SSSR count). The molecule has 11 heteroatoms. The summed E-state index contributed by atoms with van der Waals surface area (Å²) < 4.78 is 34.8. The molecule has 8 nitrogen and oxygen atoms in total. The largest absolute Gasteiger partial charge is 0.495 e. The van der Waals surface area contributed by atoms with Gasteiger partial charge in [-0.15, -0.1) is 0 Å². The van der Waals surface area contributed by atoms with E-state index in [-0.39, 0.29) is 29.3 Å². The monoisotopic (exact) mass is 653 g/mol. The van der Waals surface area contributed by atoms with Gasteiger partial charge in [-0.25, -0.2) is 8.42 Å². The lowest BCUT2D eigenvalue weighted by molar-refractivity contribution is -0.139. The number of likely N-dealkylation sites (N-methyl/N-ethyl adjacent to an activating group) is 1. The summed E-state index contributed by atoms with van der Waals surface area (Å²) in [6, 6.07) is 26.0. The molecule has 0 unspecified atom stereocenters. The fraction of sp³-hybridized carbons (Fsp3) is 0.212. The van der Waals surface area contributed by atoms with E-state index in [9.17, 15) is 18.0 Å². The summed E-state index contributed by atoms with van der Waals surface area (Å²) in [4.78, 5) is 29.2. The van der Waals surface area contributed by atoms with Crippen molar-refractivity contribution in [2.24, 2.45) is 0 Å². The molecule has 1 atom stereocenters. The van der Waals surface area contributed by atoms with Crippen molar-refractivity contribution in [1.29, 1.82) is 0 Å². The first-order valence-corrected chi connectivity index (χ1v) is 16.0. The Kier molecular flexibility index (Phi) is 10.9. The van der Waals surface area contributed by atoms with E-state index in [1.807, 2.05) is 37.3 Å². The van der Waals surface area contributed by atoms with Crippen LogP contribution in [0.5, 0.6) is 5.75 Å². The lowest BCUT2D eigenvalue weighted by Crippen LogP contribution is -2.53. The number of hydrogen-bond acceptors (Lipinski definition) is 5. The van der Waals surface area contributed by atoms with Crippen LogP contribution in [-0.4, -0.2) is 51.9 Å². The summed E-state index contributed by atoms with van der Waals surface area (Å²) in [5.74, 6) is -0.827. The van der Waals surface area contributed by atoms with Crippen LogP contribution in [0.2, 0.25) is 10.0 Å². The first-order chi connectivity index (χ1) is 21.1. The van der Waals surface area contributed by atoms with Crippen molar-refractivity contribution in [2.45, 2.75) is 30.8 Å². The van der Waals surface area contributed by atoms with E-state index in [1.54, 1.807) is 54.6 Å². The molecule has 0 saturated carbocycles. The van der Waals surface area contributed by atoms with E-state index in [1.165, 1.54) is 31.2 Å². The predicted octanol–water partition coefficient (Wildman–Crippen LogP) is 5.89. The van der Waals surface area contributed by atoms with E-state index >= 15 is 0 Å². The van der Waals surface area contributed by atoms with Gasteiger partial charge in [0, 0.05) is 35.6 Å². The zero-order valence-electron chi connectivity index (χ0n) is 24.5. The number of halogens is 2. The van der Waals surface area contributed by atoms with E-state index in [4.69, 9.17) is 27.9 Å². The standard InChI is InChI=1S/C33H33Cl2N3O5S/c1-23-16-18-25(19-17-23)44(41,42)38(29-14-7-8-15-31(29)43-3)22-32(39)37(21-26-27(34)12-9-13-28(26)35)30(33(40)36-2)20-24-10-5-4-6-11-24/h4-19,30H,20-22H2,1-3H3,(H,36,40)/t30-/m1/s1. The molecule has 0 fully saturated rings. The first-order valence-electron chi connectivity index (χ1n) is 13.8. The fourth-order valence-electron chi connectivity index (χ4n) is 4.76. The van der Waals surface area contributed by atoms with Gasteiger partial charge in [0.15, 0.2) is 0 Å². The van der Waals surface area contributed by atoms with Crippen LogP contribution in [-0.2, 0) is 32.6 Å². The number of hydrogen-bond donors (Lipinski definition) is 1. The second kappa shape index (κ2) is 14.6. The second-order valence-electron chi connectivity index (χ2n) is 10.0. The smallest absolute Gasteiger partial charge is 0.264 e. The number of para-hydroxylation sites is 2. The number of methoxy groups -OCH3 is 1. The molecule has 0 radical (unpaired) electrons. The number of carbonyl (C=O) groups is 2. The van der Waals surface area contributed by atoms with Gasteiger partial charge in [0.2, 0.25) is 11.8 Å². The number of ether oxygens (including phenoxy) is 1. The Morgan fingerprint density at radius 3 is 2.09 bits per heavy atom. The van der Waals surface area contributed by atoms with Crippen LogP contribution in [0, 0.1) is 6.92 Å². The number of rotatable bonds is 12. The molecule has 2 amide bonds. The van der Waals surface area contributed by atoms with Crippen molar-refractivity contribution in [3.63, 3.8) is 0 Å². The molecular weight excluding hydrogens is 621 g/mol. The number of carbonyl (C=O) groups excluding carboxylic acids is 2. The van der Waals surface area contributed by atoms with Crippen molar-refractivity contribution in [1.82, 2.24) is 10.2 Å². The second-order valence-corrected chi connectivity index (χ2v) is 12.7. The van der Waals surface area contributed by atoms with Gasteiger partial charge in [0.1, 0.15) is 18.3 Å². The molecule has 0 aliphatic carbocycles. The Bertz CT molecular complexity index is 1700. The average Bonchev–Trinajstić information content (AvgIpc) is 3.02. The van der Waals surface area contributed by atoms with Crippen LogP contribution in [0.4, 0.5) is 5.69 Å². The Morgan fingerprint density at radius 1 is 0.864 bits per heavy atom. The predicted molar refractivity (Wildman–Crippen MR) is 174 cm³/mol. The van der Waals surface area contributed by atoms with E-state index in [2.05, 4.69) is 5.32 Å². The molecule has 4 aromatic carbocycles. The summed E-state index contributed by atoms with van der Waals surface area (Å²) in [5.41, 5.74) is 2.27. The van der Waals surface area contributed by atoms with Crippen LogP contribution in [0.25, 0.3) is 0 Å². The van der Waals surface area contributed by atoms with Crippen molar-refractivity contribution >= 4 is 50.7 Å². The third kappa shape index (κ3) is 7.53. The maximum atomic E-state index is 14.5. The molecule has 0 aromatic heterocycles. The van der Waals surface area contributed by atoms with E-state index in [0.29, 0.717) is 15.6 Å². The lowest BCUT2D eigenvalue weighted by Gasteiger charge is -2.34. The lowest BCUT2D eigenvalue weighted by atomic mass is 10.0. The normalized spacial score (nSPS) is 11.8. The highest BCUT2D eigenvalue weighted by Gasteiger charge is 2.35. The molecule has 230 valence electrons. The van der Waals surface area contributed by atoms with Crippen LogP contribution in [0.1, 0.15) is 16.7 Å². The SMILES string of the molecule is CNC(=O)[C@@H](Cc1ccccc1)N(Cc1c(Cl)cccc1Cl)C(=O)CN(c1ccccc1OC)S(=O)(=O)c1ccc(C)cc1. The maximum absolute atomic E-state index is 14.5. The van der Waals surface area contributed by atoms with Crippen molar-refractivity contribution in [3.8, 4) is 5.75 Å².